The first-order valence-corrected chi connectivity index (χ1v) is 7.14. The van der Waals surface area contributed by atoms with Crippen LogP contribution in [0.3, 0.4) is 0 Å². The van der Waals surface area contributed by atoms with E-state index in [0.29, 0.717) is 5.92 Å². The smallest absolute Gasteiger partial charge is 0.129 e. The maximum Gasteiger partial charge on any atom is 0.129 e. The molecule has 4 heteroatoms. The topological polar surface area (TPSA) is 30.7 Å². The van der Waals surface area contributed by atoms with Gasteiger partial charge in [-0.15, -0.1) is 0 Å². The first-order chi connectivity index (χ1) is 8.66. The van der Waals surface area contributed by atoms with Crippen LogP contribution >= 0.6 is 22.6 Å². The fraction of sp³-hybridized carbons (Fsp3) is 0.286. The van der Waals surface area contributed by atoms with Gasteiger partial charge in [0, 0.05) is 11.9 Å². The molecule has 3 aromatic rings. The van der Waals surface area contributed by atoms with Crippen molar-refractivity contribution >= 4 is 44.5 Å². The molecule has 0 bridgehead atoms. The Morgan fingerprint density at radius 3 is 2.83 bits per heavy atom. The summed E-state index contributed by atoms with van der Waals surface area (Å²) >= 11 is 2.27. The maximum absolute atomic E-state index is 4.61. The lowest BCUT2D eigenvalue weighted by Crippen LogP contribution is -2.03. The second-order valence-electron chi connectivity index (χ2n) is 4.91. The van der Waals surface area contributed by atoms with Gasteiger partial charge in [-0.2, -0.15) is 0 Å². The van der Waals surface area contributed by atoms with Gasteiger partial charge in [-0.25, -0.2) is 9.97 Å². The van der Waals surface area contributed by atoms with E-state index in [9.17, 15) is 0 Å². The van der Waals surface area contributed by atoms with Crippen LogP contribution in [-0.4, -0.2) is 14.5 Å². The Balaban J connectivity index is 2.40. The zero-order valence-corrected chi connectivity index (χ0v) is 12.5. The Bertz CT molecular complexity index is 715. The largest absolute Gasteiger partial charge is 0.330 e. The molecule has 0 spiro atoms. The van der Waals surface area contributed by atoms with Gasteiger partial charge in [0.05, 0.1) is 17.4 Å². The predicted octanol–water partition coefficient (Wildman–Crippen LogP) is 3.85. The van der Waals surface area contributed by atoms with Gasteiger partial charge in [-0.3, -0.25) is 0 Å². The fourth-order valence-corrected chi connectivity index (χ4v) is 2.93. The Hall–Kier alpha value is -1.17. The van der Waals surface area contributed by atoms with Crippen LogP contribution in [-0.2, 0) is 6.54 Å². The van der Waals surface area contributed by atoms with Gasteiger partial charge in [0.2, 0.25) is 0 Å². The van der Waals surface area contributed by atoms with Crippen molar-refractivity contribution in [3.63, 3.8) is 0 Å². The number of halogens is 1. The van der Waals surface area contributed by atoms with E-state index in [0.717, 1.165) is 21.3 Å². The molecular weight excluding hydrogens is 337 g/mol. The molecular formula is C14H14IN3. The number of benzene rings is 1. The van der Waals surface area contributed by atoms with E-state index in [1.165, 1.54) is 10.9 Å². The summed E-state index contributed by atoms with van der Waals surface area (Å²) in [5, 5.41) is 1.19. The summed E-state index contributed by atoms with van der Waals surface area (Å²) in [7, 11) is 0. The standard InChI is InChI=1S/C14H14IN3/c1-9(2)7-18-8-16-12-13(18)10-5-3-4-6-11(10)17-14(12)15/h3-6,8-9H,7H2,1-2H3. The van der Waals surface area contributed by atoms with E-state index in [-0.39, 0.29) is 0 Å². The number of imidazole rings is 1. The quantitative estimate of drug-likeness (QED) is 0.519. The molecule has 3 nitrogen and oxygen atoms in total. The van der Waals surface area contributed by atoms with E-state index in [1.54, 1.807) is 0 Å². The molecule has 0 saturated carbocycles. The van der Waals surface area contributed by atoms with Crippen molar-refractivity contribution in [3.05, 3.63) is 34.3 Å². The average Bonchev–Trinajstić information content (AvgIpc) is 2.73. The van der Waals surface area contributed by atoms with E-state index in [2.05, 4.69) is 69.2 Å². The lowest BCUT2D eigenvalue weighted by atomic mass is 10.2. The lowest BCUT2D eigenvalue weighted by molar-refractivity contribution is 0.533. The van der Waals surface area contributed by atoms with Crippen LogP contribution in [0.15, 0.2) is 30.6 Å². The van der Waals surface area contributed by atoms with Crippen molar-refractivity contribution in [3.8, 4) is 0 Å². The number of fused-ring (bicyclic) bond motifs is 3. The molecule has 0 atom stereocenters. The van der Waals surface area contributed by atoms with Crippen molar-refractivity contribution < 1.29 is 0 Å². The van der Waals surface area contributed by atoms with Crippen LogP contribution in [0.25, 0.3) is 21.9 Å². The second-order valence-corrected chi connectivity index (χ2v) is 5.93. The first kappa shape index (κ1) is 11.9. The van der Waals surface area contributed by atoms with E-state index in [4.69, 9.17) is 0 Å². The summed E-state index contributed by atoms with van der Waals surface area (Å²) in [4.78, 5) is 9.12. The fourth-order valence-electron chi connectivity index (χ4n) is 2.28. The van der Waals surface area contributed by atoms with Crippen LogP contribution < -0.4 is 0 Å². The van der Waals surface area contributed by atoms with E-state index in [1.807, 2.05) is 12.4 Å². The molecule has 2 aromatic heterocycles. The third-order valence-corrected chi connectivity index (χ3v) is 3.72. The number of para-hydroxylation sites is 1. The number of hydrogen-bond acceptors (Lipinski definition) is 2. The van der Waals surface area contributed by atoms with Gasteiger partial charge < -0.3 is 4.57 Å². The minimum absolute atomic E-state index is 0.604. The Morgan fingerprint density at radius 1 is 1.28 bits per heavy atom. The third-order valence-electron chi connectivity index (χ3n) is 2.97. The average molecular weight is 351 g/mol. The zero-order valence-electron chi connectivity index (χ0n) is 10.4. The van der Waals surface area contributed by atoms with E-state index < -0.39 is 0 Å². The second kappa shape index (κ2) is 4.50. The van der Waals surface area contributed by atoms with Crippen molar-refractivity contribution in [2.24, 2.45) is 5.92 Å². The molecule has 0 fully saturated rings. The van der Waals surface area contributed by atoms with Crippen LogP contribution in [0.5, 0.6) is 0 Å². The normalized spacial score (nSPS) is 11.8. The Morgan fingerprint density at radius 2 is 2.06 bits per heavy atom. The molecule has 0 aliphatic rings. The SMILES string of the molecule is CC(C)Cn1cnc2c(I)nc3ccccc3c21. The molecule has 92 valence electrons. The molecule has 0 unspecified atom stereocenters. The van der Waals surface area contributed by atoms with Crippen molar-refractivity contribution in [1.29, 1.82) is 0 Å². The molecule has 0 saturated heterocycles. The minimum Gasteiger partial charge on any atom is -0.330 e. The van der Waals surface area contributed by atoms with Gasteiger partial charge in [-0.1, -0.05) is 32.0 Å². The van der Waals surface area contributed by atoms with Gasteiger partial charge in [0.25, 0.3) is 0 Å². The zero-order chi connectivity index (χ0) is 12.7. The number of aromatic nitrogens is 3. The lowest BCUT2D eigenvalue weighted by Gasteiger charge is -2.09. The summed E-state index contributed by atoms with van der Waals surface area (Å²) in [6, 6.07) is 8.27. The van der Waals surface area contributed by atoms with Crippen LogP contribution in [0, 0.1) is 9.62 Å². The molecule has 0 N–H and O–H groups in total. The first-order valence-electron chi connectivity index (χ1n) is 6.06. The Kier molecular flexibility index (Phi) is 2.97. The number of hydrogen-bond donors (Lipinski definition) is 0. The highest BCUT2D eigenvalue weighted by molar-refractivity contribution is 14.1. The number of nitrogens with zero attached hydrogens (tertiary/aromatic N) is 3. The molecule has 0 aliphatic heterocycles. The van der Waals surface area contributed by atoms with Crippen molar-refractivity contribution in [2.45, 2.75) is 20.4 Å². The van der Waals surface area contributed by atoms with Crippen LogP contribution in [0.2, 0.25) is 0 Å². The molecule has 0 aliphatic carbocycles. The number of rotatable bonds is 2. The monoisotopic (exact) mass is 351 g/mol. The van der Waals surface area contributed by atoms with Crippen LogP contribution in [0.4, 0.5) is 0 Å². The van der Waals surface area contributed by atoms with Gasteiger partial charge >= 0.3 is 0 Å². The van der Waals surface area contributed by atoms with Gasteiger partial charge in [-0.05, 0) is 34.6 Å². The highest BCUT2D eigenvalue weighted by atomic mass is 127. The number of pyridine rings is 1. The summed E-state index contributed by atoms with van der Waals surface area (Å²) < 4.78 is 3.22. The summed E-state index contributed by atoms with van der Waals surface area (Å²) in [6.07, 6.45) is 1.93. The molecule has 3 rings (SSSR count). The molecule has 0 amide bonds. The molecule has 1 aromatic carbocycles. The minimum atomic E-state index is 0.604. The van der Waals surface area contributed by atoms with Crippen LogP contribution in [0.1, 0.15) is 13.8 Å². The maximum atomic E-state index is 4.61. The summed E-state index contributed by atoms with van der Waals surface area (Å²) in [5.41, 5.74) is 3.26. The highest BCUT2D eigenvalue weighted by Gasteiger charge is 2.12. The molecule has 2 heterocycles. The molecule has 18 heavy (non-hydrogen) atoms. The van der Waals surface area contributed by atoms with Crippen molar-refractivity contribution in [2.75, 3.05) is 0 Å². The van der Waals surface area contributed by atoms with E-state index >= 15 is 0 Å². The van der Waals surface area contributed by atoms with Gasteiger partial charge in [0.1, 0.15) is 9.22 Å². The molecule has 0 radical (unpaired) electrons. The predicted molar refractivity (Wildman–Crippen MR) is 82.6 cm³/mol. The van der Waals surface area contributed by atoms with Crippen molar-refractivity contribution in [1.82, 2.24) is 14.5 Å². The Labute approximate surface area is 119 Å². The third kappa shape index (κ3) is 1.88. The van der Waals surface area contributed by atoms with Gasteiger partial charge in [0.15, 0.2) is 0 Å². The summed E-state index contributed by atoms with van der Waals surface area (Å²) in [5.74, 6) is 0.604. The highest BCUT2D eigenvalue weighted by Crippen LogP contribution is 2.26. The summed E-state index contributed by atoms with van der Waals surface area (Å²) in [6.45, 7) is 5.43.